The number of hydrogen-bond acceptors (Lipinski definition) is 3. The van der Waals surface area contributed by atoms with Crippen LogP contribution in [0.25, 0.3) is 0 Å². The lowest BCUT2D eigenvalue weighted by atomic mass is 9.92. The molecule has 88 valence electrons. The van der Waals surface area contributed by atoms with E-state index in [0.29, 0.717) is 24.8 Å². The third kappa shape index (κ3) is 2.36. The van der Waals surface area contributed by atoms with Crippen molar-refractivity contribution in [1.82, 2.24) is 15.5 Å². The molecule has 1 amide bonds. The number of nitrogens with zero attached hydrogens (tertiary/aromatic N) is 1. The smallest absolute Gasteiger partial charge is 0.269 e. The number of H-pyrrole nitrogens is 1. The largest absolute Gasteiger partial charge is 0.381 e. The number of amides is 1. The van der Waals surface area contributed by atoms with Crippen molar-refractivity contribution in [2.24, 2.45) is 0 Å². The Hall–Kier alpha value is -1.07. The molecule has 0 atom stereocenters. The van der Waals surface area contributed by atoms with E-state index in [9.17, 15) is 4.79 Å². The Labute approximate surface area is 98.5 Å². The van der Waals surface area contributed by atoms with Crippen LogP contribution in [0, 0.1) is 0 Å². The van der Waals surface area contributed by atoms with Crippen LogP contribution in [0.1, 0.15) is 23.3 Å². The Morgan fingerprint density at radius 1 is 1.62 bits per heavy atom. The van der Waals surface area contributed by atoms with Gasteiger partial charge < -0.3 is 10.1 Å². The first-order valence-electron chi connectivity index (χ1n) is 5.21. The van der Waals surface area contributed by atoms with Gasteiger partial charge in [-0.2, -0.15) is 5.10 Å². The van der Waals surface area contributed by atoms with Gasteiger partial charge in [-0.25, -0.2) is 0 Å². The van der Waals surface area contributed by atoms with E-state index in [-0.39, 0.29) is 11.4 Å². The molecule has 0 radical (unpaired) electrons. The average molecular weight is 244 g/mol. The van der Waals surface area contributed by atoms with Crippen LogP contribution in [-0.4, -0.2) is 40.7 Å². The number of rotatable bonds is 3. The summed E-state index contributed by atoms with van der Waals surface area (Å²) in [6, 6.07) is 1.64. The van der Waals surface area contributed by atoms with Crippen molar-refractivity contribution in [3.8, 4) is 0 Å². The third-order valence-corrected chi connectivity index (χ3v) is 3.34. The molecule has 1 saturated heterocycles. The summed E-state index contributed by atoms with van der Waals surface area (Å²) in [5.41, 5.74) is 0.109. The highest BCUT2D eigenvalue weighted by Crippen LogP contribution is 2.22. The van der Waals surface area contributed by atoms with Crippen LogP contribution in [0.3, 0.4) is 0 Å². The molecule has 1 aromatic heterocycles. The highest BCUT2D eigenvalue weighted by molar-refractivity contribution is 6.18. The fourth-order valence-corrected chi connectivity index (χ4v) is 2.08. The van der Waals surface area contributed by atoms with E-state index in [2.05, 4.69) is 15.5 Å². The minimum atomic E-state index is -0.345. The second-order valence-electron chi connectivity index (χ2n) is 3.95. The van der Waals surface area contributed by atoms with E-state index >= 15 is 0 Å². The van der Waals surface area contributed by atoms with Gasteiger partial charge in [0.2, 0.25) is 0 Å². The first-order valence-corrected chi connectivity index (χ1v) is 5.75. The summed E-state index contributed by atoms with van der Waals surface area (Å²) in [5.74, 6) is 0.232. The summed E-state index contributed by atoms with van der Waals surface area (Å²) < 4.78 is 5.27. The predicted octanol–water partition coefficient (Wildman–Crippen LogP) is 0.927. The molecule has 1 fully saturated rings. The summed E-state index contributed by atoms with van der Waals surface area (Å²) >= 11 is 5.95. The summed E-state index contributed by atoms with van der Waals surface area (Å²) in [7, 11) is 0. The highest BCUT2D eigenvalue weighted by atomic mass is 35.5. The fraction of sp³-hybridized carbons (Fsp3) is 0.600. The quantitative estimate of drug-likeness (QED) is 0.776. The van der Waals surface area contributed by atoms with Crippen LogP contribution >= 0.6 is 11.6 Å². The molecular formula is C10H14ClN3O2. The molecule has 0 aliphatic carbocycles. The minimum absolute atomic E-state index is 0.167. The number of ether oxygens (including phenoxy) is 1. The molecule has 1 aliphatic rings. The fourth-order valence-electron chi connectivity index (χ4n) is 1.74. The van der Waals surface area contributed by atoms with E-state index in [1.54, 1.807) is 12.3 Å². The highest BCUT2D eigenvalue weighted by Gasteiger charge is 2.33. The zero-order valence-corrected chi connectivity index (χ0v) is 9.59. The van der Waals surface area contributed by atoms with Crippen LogP contribution < -0.4 is 5.32 Å². The predicted molar refractivity (Wildman–Crippen MR) is 59.6 cm³/mol. The van der Waals surface area contributed by atoms with Crippen LogP contribution in [0.4, 0.5) is 0 Å². The Kier molecular flexibility index (Phi) is 3.46. The number of aromatic nitrogens is 2. The Morgan fingerprint density at radius 2 is 2.38 bits per heavy atom. The van der Waals surface area contributed by atoms with Crippen LogP contribution in [0.5, 0.6) is 0 Å². The standard InChI is InChI=1S/C10H14ClN3O2/c11-7-10(2-5-16-6-3-10)13-9(15)8-1-4-12-14-8/h1,4H,2-3,5-7H2,(H,12,14)(H,13,15). The SMILES string of the molecule is O=C(NC1(CCl)CCOCC1)c1ccn[nH]1. The zero-order valence-electron chi connectivity index (χ0n) is 8.83. The summed E-state index contributed by atoms with van der Waals surface area (Å²) in [6.45, 7) is 1.27. The van der Waals surface area contributed by atoms with E-state index in [4.69, 9.17) is 16.3 Å². The third-order valence-electron chi connectivity index (χ3n) is 2.83. The van der Waals surface area contributed by atoms with Crippen LogP contribution in [0.15, 0.2) is 12.3 Å². The van der Waals surface area contributed by atoms with Crippen molar-refractivity contribution in [2.45, 2.75) is 18.4 Å². The summed E-state index contributed by atoms with van der Waals surface area (Å²) in [5, 5.41) is 9.34. The van der Waals surface area contributed by atoms with Gasteiger partial charge in [0.1, 0.15) is 5.69 Å². The number of alkyl halides is 1. The van der Waals surface area contributed by atoms with Gasteiger partial charge in [-0.15, -0.1) is 11.6 Å². The van der Waals surface area contributed by atoms with E-state index < -0.39 is 0 Å². The molecule has 1 aromatic rings. The number of hydrogen-bond donors (Lipinski definition) is 2. The van der Waals surface area contributed by atoms with Crippen LogP contribution in [-0.2, 0) is 4.74 Å². The van der Waals surface area contributed by atoms with Gasteiger partial charge in [0.05, 0.1) is 5.54 Å². The zero-order chi connectivity index (χ0) is 11.4. The maximum atomic E-state index is 11.9. The molecule has 0 aromatic carbocycles. The van der Waals surface area contributed by atoms with Crippen molar-refractivity contribution < 1.29 is 9.53 Å². The lowest BCUT2D eigenvalue weighted by Gasteiger charge is -2.36. The molecular weight excluding hydrogens is 230 g/mol. The van der Waals surface area contributed by atoms with E-state index in [1.165, 1.54) is 0 Å². The molecule has 0 bridgehead atoms. The monoisotopic (exact) mass is 243 g/mol. The Morgan fingerprint density at radius 3 is 2.94 bits per heavy atom. The van der Waals surface area contributed by atoms with E-state index in [1.807, 2.05) is 0 Å². The molecule has 5 nitrogen and oxygen atoms in total. The number of halogens is 1. The topological polar surface area (TPSA) is 67.0 Å². The maximum Gasteiger partial charge on any atom is 0.269 e. The van der Waals surface area contributed by atoms with Crippen molar-refractivity contribution in [3.05, 3.63) is 18.0 Å². The minimum Gasteiger partial charge on any atom is -0.381 e. The van der Waals surface area contributed by atoms with Gasteiger partial charge in [-0.05, 0) is 18.9 Å². The van der Waals surface area contributed by atoms with Gasteiger partial charge in [0, 0.05) is 25.3 Å². The van der Waals surface area contributed by atoms with Gasteiger partial charge in [-0.3, -0.25) is 9.89 Å². The molecule has 2 N–H and O–H groups in total. The van der Waals surface area contributed by atoms with Gasteiger partial charge in [0.25, 0.3) is 5.91 Å². The van der Waals surface area contributed by atoms with Crippen molar-refractivity contribution in [1.29, 1.82) is 0 Å². The second-order valence-corrected chi connectivity index (χ2v) is 4.22. The molecule has 2 rings (SSSR count). The molecule has 16 heavy (non-hydrogen) atoms. The van der Waals surface area contributed by atoms with E-state index in [0.717, 1.165) is 12.8 Å². The lowest BCUT2D eigenvalue weighted by molar-refractivity contribution is 0.0432. The molecule has 1 aliphatic heterocycles. The van der Waals surface area contributed by atoms with Crippen LogP contribution in [0.2, 0.25) is 0 Å². The maximum absolute atomic E-state index is 11.9. The summed E-state index contributed by atoms with van der Waals surface area (Å²) in [6.07, 6.45) is 3.04. The second kappa shape index (κ2) is 4.84. The van der Waals surface area contributed by atoms with Crippen molar-refractivity contribution in [3.63, 3.8) is 0 Å². The first kappa shape index (κ1) is 11.4. The number of aromatic amines is 1. The first-order chi connectivity index (χ1) is 7.76. The molecule has 0 spiro atoms. The Bertz CT molecular complexity index is 347. The molecule has 6 heteroatoms. The van der Waals surface area contributed by atoms with Crippen molar-refractivity contribution >= 4 is 17.5 Å². The normalized spacial score (nSPS) is 19.3. The Balaban J connectivity index is 2.03. The number of carbonyl (C=O) groups is 1. The molecule has 0 unspecified atom stereocenters. The summed E-state index contributed by atoms with van der Waals surface area (Å²) in [4.78, 5) is 11.9. The molecule has 2 heterocycles. The van der Waals surface area contributed by atoms with Crippen molar-refractivity contribution in [2.75, 3.05) is 19.1 Å². The number of nitrogens with one attached hydrogen (secondary N) is 2. The van der Waals surface area contributed by atoms with Gasteiger partial charge in [-0.1, -0.05) is 0 Å². The van der Waals surface area contributed by atoms with Gasteiger partial charge >= 0.3 is 0 Å². The molecule has 0 saturated carbocycles. The number of carbonyl (C=O) groups excluding carboxylic acids is 1. The average Bonchev–Trinajstić information content (AvgIpc) is 2.84. The lowest BCUT2D eigenvalue weighted by Crippen LogP contribution is -2.53. The van der Waals surface area contributed by atoms with Gasteiger partial charge in [0.15, 0.2) is 0 Å².